The number of carbonyl (C=O) groups is 2. The summed E-state index contributed by atoms with van der Waals surface area (Å²) in [5.74, 6) is -0.274. The summed E-state index contributed by atoms with van der Waals surface area (Å²) in [6.45, 7) is 6.38. The number of hydrogen-bond acceptors (Lipinski definition) is 3. The highest BCUT2D eigenvalue weighted by atomic mass is 16.2. The Morgan fingerprint density at radius 2 is 1.74 bits per heavy atom. The number of carbonyl (C=O) groups excluding carboxylic acids is 2. The van der Waals surface area contributed by atoms with Crippen molar-refractivity contribution in [2.24, 2.45) is 0 Å². The summed E-state index contributed by atoms with van der Waals surface area (Å²) in [4.78, 5) is 27.1. The van der Waals surface area contributed by atoms with Crippen LogP contribution in [-0.2, 0) is 4.79 Å². The van der Waals surface area contributed by atoms with Gasteiger partial charge < -0.3 is 15.5 Å². The van der Waals surface area contributed by atoms with E-state index in [4.69, 9.17) is 0 Å². The fraction of sp³-hybridized carbons (Fsp3) is 0.364. The van der Waals surface area contributed by atoms with Gasteiger partial charge in [-0.25, -0.2) is 0 Å². The minimum absolute atomic E-state index is 0.132. The molecule has 0 atom stereocenters. The molecule has 1 fully saturated rings. The topological polar surface area (TPSA) is 61.4 Å². The predicted molar refractivity (Wildman–Crippen MR) is 109 cm³/mol. The molecule has 2 aromatic rings. The Morgan fingerprint density at radius 3 is 2.37 bits per heavy atom. The number of nitrogens with zero attached hydrogens (tertiary/aromatic N) is 1. The highest BCUT2D eigenvalue weighted by Crippen LogP contribution is 2.22. The molecule has 0 heterocycles. The monoisotopic (exact) mass is 365 g/mol. The highest BCUT2D eigenvalue weighted by Gasteiger charge is 2.25. The summed E-state index contributed by atoms with van der Waals surface area (Å²) in [6.07, 6.45) is 2.06. The second-order valence-electron chi connectivity index (χ2n) is 7.40. The van der Waals surface area contributed by atoms with Crippen molar-refractivity contribution in [1.29, 1.82) is 0 Å². The molecule has 0 radical (unpaired) electrons. The molecule has 0 aliphatic heterocycles. The van der Waals surface area contributed by atoms with Crippen LogP contribution in [0.3, 0.4) is 0 Å². The first-order valence-electron chi connectivity index (χ1n) is 9.47. The molecule has 0 unspecified atom stereocenters. The predicted octanol–water partition coefficient (Wildman–Crippen LogP) is 3.74. The smallest absolute Gasteiger partial charge is 0.253 e. The van der Waals surface area contributed by atoms with Gasteiger partial charge in [0.15, 0.2) is 0 Å². The van der Waals surface area contributed by atoms with E-state index in [1.165, 1.54) is 5.56 Å². The van der Waals surface area contributed by atoms with Crippen molar-refractivity contribution in [3.63, 3.8) is 0 Å². The van der Waals surface area contributed by atoms with Gasteiger partial charge in [-0.15, -0.1) is 0 Å². The maximum Gasteiger partial charge on any atom is 0.253 e. The fourth-order valence-corrected chi connectivity index (χ4v) is 2.93. The van der Waals surface area contributed by atoms with Crippen LogP contribution in [0.1, 0.15) is 42.6 Å². The molecule has 2 amide bonds. The van der Waals surface area contributed by atoms with Crippen molar-refractivity contribution in [2.75, 3.05) is 16.8 Å². The number of rotatable bonds is 7. The lowest BCUT2D eigenvalue weighted by Gasteiger charge is -2.28. The quantitative estimate of drug-likeness (QED) is 0.786. The largest absolute Gasteiger partial charge is 0.360 e. The molecule has 5 nitrogen and oxygen atoms in total. The summed E-state index contributed by atoms with van der Waals surface area (Å²) in [5, 5.41) is 5.88. The average molecular weight is 365 g/mol. The highest BCUT2D eigenvalue weighted by molar-refractivity contribution is 6.04. The molecule has 3 rings (SSSR count). The van der Waals surface area contributed by atoms with Crippen LogP contribution in [0.15, 0.2) is 48.5 Å². The Labute approximate surface area is 160 Å². The Morgan fingerprint density at radius 1 is 1.07 bits per heavy atom. The van der Waals surface area contributed by atoms with E-state index < -0.39 is 0 Å². The van der Waals surface area contributed by atoms with E-state index in [2.05, 4.69) is 24.5 Å². The van der Waals surface area contributed by atoms with Gasteiger partial charge in [0, 0.05) is 17.8 Å². The van der Waals surface area contributed by atoms with E-state index in [1.807, 2.05) is 48.2 Å². The van der Waals surface area contributed by atoms with Crippen LogP contribution >= 0.6 is 0 Å². The first-order chi connectivity index (χ1) is 12.9. The Balaban J connectivity index is 1.70. The van der Waals surface area contributed by atoms with Crippen LogP contribution in [0.5, 0.6) is 0 Å². The van der Waals surface area contributed by atoms with Gasteiger partial charge in [0.1, 0.15) is 0 Å². The number of nitrogens with one attached hydrogen (secondary N) is 2. The number of amides is 2. The van der Waals surface area contributed by atoms with Crippen LogP contribution in [0, 0.1) is 6.92 Å². The van der Waals surface area contributed by atoms with Crippen molar-refractivity contribution < 1.29 is 9.59 Å². The van der Waals surface area contributed by atoms with Gasteiger partial charge in [-0.1, -0.05) is 29.8 Å². The van der Waals surface area contributed by atoms with E-state index >= 15 is 0 Å². The summed E-state index contributed by atoms with van der Waals surface area (Å²) in [6, 6.07) is 15.7. The van der Waals surface area contributed by atoms with Crippen molar-refractivity contribution in [1.82, 2.24) is 5.32 Å². The summed E-state index contributed by atoms with van der Waals surface area (Å²) in [5.41, 5.74) is 3.24. The van der Waals surface area contributed by atoms with Crippen LogP contribution in [0.4, 0.5) is 11.4 Å². The molecule has 27 heavy (non-hydrogen) atoms. The Kier molecular flexibility index (Phi) is 5.79. The minimum atomic E-state index is -0.143. The summed E-state index contributed by atoms with van der Waals surface area (Å²) >= 11 is 0. The molecule has 1 aliphatic rings. The van der Waals surface area contributed by atoms with Crippen molar-refractivity contribution >= 4 is 23.2 Å². The molecule has 0 bridgehead atoms. The molecular formula is C22H27N3O2. The first-order valence-corrected chi connectivity index (χ1v) is 9.47. The minimum Gasteiger partial charge on any atom is -0.360 e. The zero-order valence-corrected chi connectivity index (χ0v) is 16.2. The molecule has 0 aromatic heterocycles. The van der Waals surface area contributed by atoms with E-state index in [0.29, 0.717) is 11.3 Å². The zero-order chi connectivity index (χ0) is 19.4. The third-order valence-electron chi connectivity index (χ3n) is 4.66. The Hall–Kier alpha value is -2.82. The zero-order valence-electron chi connectivity index (χ0n) is 16.2. The molecule has 0 spiro atoms. The molecular weight excluding hydrogens is 338 g/mol. The number of anilines is 2. The molecule has 0 saturated heterocycles. The molecule has 1 saturated carbocycles. The van der Waals surface area contributed by atoms with Crippen LogP contribution in [-0.4, -0.2) is 30.4 Å². The van der Waals surface area contributed by atoms with E-state index in [9.17, 15) is 9.59 Å². The first kappa shape index (κ1) is 19.0. The van der Waals surface area contributed by atoms with Gasteiger partial charge in [0.05, 0.1) is 17.8 Å². The van der Waals surface area contributed by atoms with Crippen LogP contribution < -0.4 is 15.5 Å². The van der Waals surface area contributed by atoms with Gasteiger partial charge in [-0.2, -0.15) is 0 Å². The Bertz CT molecular complexity index is 811. The molecule has 142 valence electrons. The summed E-state index contributed by atoms with van der Waals surface area (Å²) < 4.78 is 0. The molecule has 5 heteroatoms. The van der Waals surface area contributed by atoms with Crippen LogP contribution in [0.2, 0.25) is 0 Å². The van der Waals surface area contributed by atoms with E-state index in [1.54, 1.807) is 12.1 Å². The normalized spacial score (nSPS) is 13.3. The van der Waals surface area contributed by atoms with Crippen molar-refractivity contribution in [3.8, 4) is 0 Å². The lowest BCUT2D eigenvalue weighted by molar-refractivity contribution is -0.115. The maximum absolute atomic E-state index is 12.7. The third kappa shape index (κ3) is 5.09. The maximum atomic E-state index is 12.7. The van der Waals surface area contributed by atoms with Gasteiger partial charge in [-0.05, 0) is 57.9 Å². The number of para-hydroxylation sites is 1. The van der Waals surface area contributed by atoms with E-state index in [-0.39, 0.29) is 30.4 Å². The van der Waals surface area contributed by atoms with Gasteiger partial charge in [-0.3, -0.25) is 9.59 Å². The molecule has 2 aromatic carbocycles. The summed E-state index contributed by atoms with van der Waals surface area (Å²) in [7, 11) is 0. The van der Waals surface area contributed by atoms with Crippen molar-refractivity contribution in [2.45, 2.75) is 45.7 Å². The second kappa shape index (κ2) is 8.25. The fourth-order valence-electron chi connectivity index (χ4n) is 2.93. The SMILES string of the molecule is Cc1ccc(N(CC(=O)Nc2ccccc2C(=O)NC2CC2)C(C)C)cc1. The standard InChI is InChI=1S/C22H27N3O2/c1-15(2)25(18-12-8-16(3)9-13-18)14-21(26)24-20-7-5-4-6-19(20)22(27)23-17-10-11-17/h4-9,12-13,15,17H,10-11,14H2,1-3H3,(H,23,27)(H,24,26). The molecule has 1 aliphatic carbocycles. The van der Waals surface area contributed by atoms with E-state index in [0.717, 1.165) is 18.5 Å². The second-order valence-corrected chi connectivity index (χ2v) is 7.40. The van der Waals surface area contributed by atoms with Gasteiger partial charge in [0.25, 0.3) is 5.91 Å². The number of benzene rings is 2. The lowest BCUT2D eigenvalue weighted by atomic mass is 10.1. The number of hydrogen-bond donors (Lipinski definition) is 2. The average Bonchev–Trinajstić information content (AvgIpc) is 3.45. The number of aryl methyl sites for hydroxylation is 1. The van der Waals surface area contributed by atoms with Crippen molar-refractivity contribution in [3.05, 3.63) is 59.7 Å². The van der Waals surface area contributed by atoms with Gasteiger partial charge >= 0.3 is 0 Å². The molecule has 2 N–H and O–H groups in total. The lowest BCUT2D eigenvalue weighted by Crippen LogP contribution is -2.38. The van der Waals surface area contributed by atoms with Crippen LogP contribution in [0.25, 0.3) is 0 Å². The van der Waals surface area contributed by atoms with Gasteiger partial charge in [0.2, 0.25) is 5.91 Å². The third-order valence-corrected chi connectivity index (χ3v) is 4.66.